The van der Waals surface area contributed by atoms with Crippen LogP contribution in [0, 0.1) is 24.8 Å². The predicted molar refractivity (Wildman–Crippen MR) is 250 cm³/mol. The average molecular weight is 834 g/mol. The molecule has 64 heavy (non-hydrogen) atoms. The second kappa shape index (κ2) is 16.0. The Balaban J connectivity index is 1.31. The van der Waals surface area contributed by atoms with E-state index in [1.807, 2.05) is 146 Å². The molecule has 0 bridgehead atoms. The second-order valence-electron chi connectivity index (χ2n) is 15.6. The van der Waals surface area contributed by atoms with Gasteiger partial charge in [0.2, 0.25) is 0 Å². The number of nitrogens with zero attached hydrogens (tertiary/aromatic N) is 5. The molecule has 0 N–H and O–H groups in total. The Kier molecular flexibility index (Phi) is 9.90. The monoisotopic (exact) mass is 833 g/mol. The maximum absolute atomic E-state index is 14.1. The molecule has 2 aromatic heterocycles. The Morgan fingerprint density at radius 2 is 1.14 bits per heavy atom. The minimum absolute atomic E-state index is 0.457. The zero-order valence-electron chi connectivity index (χ0n) is 34.3. The third-order valence-corrected chi connectivity index (χ3v) is 11.5. The highest BCUT2D eigenvalue weighted by molar-refractivity contribution is 6.12. The van der Waals surface area contributed by atoms with Gasteiger partial charge in [-0.05, 0) is 101 Å². The van der Waals surface area contributed by atoms with E-state index in [0.717, 1.165) is 78.3 Å². The van der Waals surface area contributed by atoms with Crippen LogP contribution in [0.25, 0.3) is 99.6 Å². The molecule has 2 heterocycles. The van der Waals surface area contributed by atoms with Crippen molar-refractivity contribution < 1.29 is 13.2 Å². The summed E-state index contributed by atoms with van der Waals surface area (Å²) in [5.41, 5.74) is 11.4. The maximum Gasteiger partial charge on any atom is 0.416 e. The highest BCUT2D eigenvalue weighted by atomic mass is 19.4. The van der Waals surface area contributed by atoms with Gasteiger partial charge in [0.25, 0.3) is 0 Å². The van der Waals surface area contributed by atoms with E-state index in [4.69, 9.17) is 16.5 Å². The number of rotatable bonds is 7. The summed E-state index contributed by atoms with van der Waals surface area (Å²) < 4.78 is 44.3. The van der Waals surface area contributed by atoms with Gasteiger partial charge in [-0.1, -0.05) is 121 Å². The van der Waals surface area contributed by atoms with E-state index in [-0.39, 0.29) is 0 Å². The van der Waals surface area contributed by atoms with E-state index in [1.165, 1.54) is 6.07 Å². The molecule has 0 unspecified atom stereocenters. The summed E-state index contributed by atoms with van der Waals surface area (Å²) in [7, 11) is 0. The Bertz CT molecular complexity index is 3390. The van der Waals surface area contributed by atoms with Gasteiger partial charge in [0.15, 0.2) is 11.5 Å². The lowest BCUT2D eigenvalue weighted by molar-refractivity contribution is -0.137. The number of alkyl halides is 3. The molecule has 0 aliphatic rings. The molecule has 5 nitrogen and oxygen atoms in total. The summed E-state index contributed by atoms with van der Waals surface area (Å²) in [4.78, 5) is 14.2. The van der Waals surface area contributed by atoms with Crippen LogP contribution in [-0.4, -0.2) is 14.5 Å². The molecule has 0 aliphatic carbocycles. The number of halogens is 3. The normalized spacial score (nSPS) is 11.4. The van der Waals surface area contributed by atoms with E-state index in [0.29, 0.717) is 39.3 Å². The standard InChI is InChI=1S/C56H34F3N5/c1-35-25-42(28-44(26-35)56(57,58)59)39-23-24-53-49(30-39)46-21-9-10-22-52(46)64(53)54-47(40-18-11-13-36(27-40)34-60)31-43(32-48(54)41-19-12-20-45(29-41)61-2)55-62-50(37-14-5-3-6-15-37)33-51(63-55)38-16-7-4-8-17-38/h3-33H,1H3. The molecule has 10 aromatic rings. The van der Waals surface area contributed by atoms with Crippen LogP contribution in [0.5, 0.6) is 0 Å². The van der Waals surface area contributed by atoms with Crippen LogP contribution < -0.4 is 0 Å². The number of nitriles is 1. The fraction of sp³-hybridized carbons (Fsp3) is 0.0357. The number of hydrogen-bond donors (Lipinski definition) is 0. The van der Waals surface area contributed by atoms with Gasteiger partial charge in [-0.2, -0.15) is 18.4 Å². The van der Waals surface area contributed by atoms with Gasteiger partial charge >= 0.3 is 6.18 Å². The summed E-state index contributed by atoms with van der Waals surface area (Å²) >= 11 is 0. The SMILES string of the molecule is [C-]#[N+]c1cccc(-c2cc(-c3nc(-c4ccccc4)cc(-c4ccccc4)n3)cc(-c3cccc(C#N)c3)c2-n2c3ccccc3c3cc(-c4cc(C)cc(C(F)(F)F)c4)ccc32)c1. The van der Waals surface area contributed by atoms with Crippen molar-refractivity contribution in [1.82, 2.24) is 14.5 Å². The van der Waals surface area contributed by atoms with Gasteiger partial charge in [0, 0.05) is 38.6 Å². The Labute approximate surface area is 367 Å². The molecule has 8 heteroatoms. The largest absolute Gasteiger partial charge is 0.416 e. The van der Waals surface area contributed by atoms with Crippen molar-refractivity contribution in [2.45, 2.75) is 13.1 Å². The number of aryl methyl sites for hydroxylation is 1. The van der Waals surface area contributed by atoms with Crippen molar-refractivity contribution in [2.24, 2.45) is 0 Å². The van der Waals surface area contributed by atoms with Gasteiger partial charge in [-0.3, -0.25) is 0 Å². The van der Waals surface area contributed by atoms with E-state index in [9.17, 15) is 18.4 Å². The molecule has 0 fully saturated rings. The molecule has 10 rings (SSSR count). The molecule has 0 atom stereocenters. The van der Waals surface area contributed by atoms with E-state index < -0.39 is 11.7 Å². The first kappa shape index (κ1) is 39.5. The van der Waals surface area contributed by atoms with Crippen LogP contribution in [-0.2, 0) is 6.18 Å². The summed E-state index contributed by atoms with van der Waals surface area (Å²) in [5.74, 6) is 0.482. The molecule has 0 saturated heterocycles. The fourth-order valence-electron chi connectivity index (χ4n) is 8.54. The summed E-state index contributed by atoms with van der Waals surface area (Å²) in [5, 5.41) is 11.9. The van der Waals surface area contributed by atoms with Crippen LogP contribution in [0.2, 0.25) is 0 Å². The smallest absolute Gasteiger partial charge is 0.308 e. The Hall–Kier alpha value is -8.59. The van der Waals surface area contributed by atoms with Gasteiger partial charge in [-0.25, -0.2) is 14.8 Å². The first-order valence-electron chi connectivity index (χ1n) is 20.5. The molecule has 8 aromatic carbocycles. The second-order valence-corrected chi connectivity index (χ2v) is 15.6. The molecule has 0 amide bonds. The van der Waals surface area contributed by atoms with Crippen LogP contribution in [0.15, 0.2) is 188 Å². The van der Waals surface area contributed by atoms with Crippen molar-refractivity contribution in [3.05, 3.63) is 216 Å². The van der Waals surface area contributed by atoms with Gasteiger partial charge in [0.1, 0.15) is 0 Å². The van der Waals surface area contributed by atoms with E-state index in [1.54, 1.807) is 25.1 Å². The van der Waals surface area contributed by atoms with Crippen LogP contribution >= 0.6 is 0 Å². The number of benzene rings is 8. The first-order valence-corrected chi connectivity index (χ1v) is 20.5. The summed E-state index contributed by atoms with van der Waals surface area (Å²) in [6, 6.07) is 61.2. The van der Waals surface area contributed by atoms with Gasteiger partial charge < -0.3 is 4.57 Å². The predicted octanol–water partition coefficient (Wildman–Crippen LogP) is 15.3. The number of hydrogen-bond acceptors (Lipinski definition) is 3. The Morgan fingerprint density at radius 3 is 1.80 bits per heavy atom. The van der Waals surface area contributed by atoms with E-state index >= 15 is 0 Å². The van der Waals surface area contributed by atoms with Gasteiger partial charge in [-0.15, -0.1) is 0 Å². The van der Waals surface area contributed by atoms with Crippen LogP contribution in [0.3, 0.4) is 0 Å². The quantitative estimate of drug-likeness (QED) is 0.150. The number of fused-ring (bicyclic) bond motifs is 3. The molecular weight excluding hydrogens is 800 g/mol. The Morgan fingerprint density at radius 1 is 0.531 bits per heavy atom. The van der Waals surface area contributed by atoms with Crippen molar-refractivity contribution in [3.63, 3.8) is 0 Å². The third kappa shape index (κ3) is 7.34. The molecule has 0 radical (unpaired) electrons. The number of aromatic nitrogens is 3. The topological polar surface area (TPSA) is 58.9 Å². The lowest BCUT2D eigenvalue weighted by atomic mass is 9.91. The van der Waals surface area contributed by atoms with E-state index in [2.05, 4.69) is 27.6 Å². The van der Waals surface area contributed by atoms with Crippen molar-refractivity contribution in [2.75, 3.05) is 0 Å². The summed E-state index contributed by atoms with van der Waals surface area (Å²) in [6.45, 7) is 9.65. The van der Waals surface area contributed by atoms with Gasteiger partial charge in [0.05, 0.1) is 51.9 Å². The van der Waals surface area contributed by atoms with Crippen LogP contribution in [0.4, 0.5) is 18.9 Å². The van der Waals surface area contributed by atoms with Crippen molar-refractivity contribution in [1.29, 1.82) is 5.26 Å². The zero-order valence-corrected chi connectivity index (χ0v) is 34.3. The molecule has 0 spiro atoms. The average Bonchev–Trinajstić information content (AvgIpc) is 3.66. The minimum Gasteiger partial charge on any atom is -0.308 e. The third-order valence-electron chi connectivity index (χ3n) is 11.5. The highest BCUT2D eigenvalue weighted by Crippen LogP contribution is 2.45. The minimum atomic E-state index is -4.50. The summed E-state index contributed by atoms with van der Waals surface area (Å²) in [6.07, 6.45) is -4.50. The lowest BCUT2D eigenvalue weighted by Crippen LogP contribution is -2.05. The zero-order chi connectivity index (χ0) is 44.0. The highest BCUT2D eigenvalue weighted by Gasteiger charge is 2.31. The van der Waals surface area contributed by atoms with Crippen molar-refractivity contribution >= 4 is 27.5 Å². The fourth-order valence-corrected chi connectivity index (χ4v) is 8.54. The molecule has 0 saturated carbocycles. The maximum atomic E-state index is 14.1. The molecule has 304 valence electrons. The molecular formula is C56H34F3N5. The first-order chi connectivity index (χ1) is 31.1. The van der Waals surface area contributed by atoms with Crippen molar-refractivity contribution in [3.8, 4) is 79.0 Å². The molecule has 0 aliphatic heterocycles. The number of para-hydroxylation sites is 1. The van der Waals surface area contributed by atoms with Crippen LogP contribution in [0.1, 0.15) is 16.7 Å². The lowest BCUT2D eigenvalue weighted by Gasteiger charge is -2.21.